The summed E-state index contributed by atoms with van der Waals surface area (Å²) >= 11 is 0. The van der Waals surface area contributed by atoms with Crippen LogP contribution in [0.25, 0.3) is 6.08 Å². The molecule has 1 heterocycles. The van der Waals surface area contributed by atoms with E-state index < -0.39 is 12.1 Å². The molecule has 0 radical (unpaired) electrons. The van der Waals surface area contributed by atoms with Crippen LogP contribution in [-0.2, 0) is 9.53 Å². The van der Waals surface area contributed by atoms with Crippen LogP contribution in [0.3, 0.4) is 0 Å². The molecule has 0 amide bonds. The van der Waals surface area contributed by atoms with Crippen molar-refractivity contribution in [1.82, 2.24) is 0 Å². The summed E-state index contributed by atoms with van der Waals surface area (Å²) in [7, 11) is 0. The summed E-state index contributed by atoms with van der Waals surface area (Å²) in [4.78, 5) is 25.3. The number of carbonyl (C=O) groups excluding carboxylic acids is 2. The molecule has 1 atom stereocenters. The van der Waals surface area contributed by atoms with E-state index in [1.807, 2.05) is 30.3 Å². The number of hydrogen-bond acceptors (Lipinski definition) is 5. The number of allylic oxidation sites excluding steroid dienone is 1. The summed E-state index contributed by atoms with van der Waals surface area (Å²) < 4.78 is 17.0. The normalized spacial score (nSPS) is 14.7. The first-order valence-electron chi connectivity index (χ1n) is 11.0. The number of benzene rings is 3. The Hall–Kier alpha value is -3.86. The molecular weight excluding hydrogens is 416 g/mol. The van der Waals surface area contributed by atoms with Gasteiger partial charge in [0.2, 0.25) is 11.9 Å². The van der Waals surface area contributed by atoms with Crippen LogP contribution in [-0.4, -0.2) is 18.4 Å². The third-order valence-electron chi connectivity index (χ3n) is 5.40. The molecule has 0 N–H and O–H groups in total. The average Bonchev–Trinajstić information content (AvgIpc) is 3.13. The Morgan fingerprint density at radius 2 is 1.70 bits per heavy atom. The Balaban J connectivity index is 1.56. The molecule has 168 valence electrons. The largest absolute Gasteiger partial charge is 0.474 e. The number of carbonyl (C=O) groups is 2. The fraction of sp³-hybridized carbons (Fsp3) is 0.214. The molecule has 1 unspecified atom stereocenters. The number of rotatable bonds is 7. The lowest BCUT2D eigenvalue weighted by Gasteiger charge is -2.18. The zero-order valence-electron chi connectivity index (χ0n) is 18.9. The van der Waals surface area contributed by atoms with E-state index in [2.05, 4.69) is 26.0 Å². The van der Waals surface area contributed by atoms with E-state index in [-0.39, 0.29) is 18.1 Å². The van der Waals surface area contributed by atoms with Crippen molar-refractivity contribution >= 4 is 17.8 Å². The molecule has 0 aromatic heterocycles. The highest BCUT2D eigenvalue weighted by molar-refractivity contribution is 6.14. The van der Waals surface area contributed by atoms with E-state index in [1.165, 1.54) is 5.56 Å². The van der Waals surface area contributed by atoms with E-state index in [0.29, 0.717) is 28.5 Å². The van der Waals surface area contributed by atoms with Crippen LogP contribution in [0.1, 0.15) is 59.8 Å². The molecule has 5 nitrogen and oxygen atoms in total. The van der Waals surface area contributed by atoms with Crippen molar-refractivity contribution in [3.8, 4) is 11.5 Å². The summed E-state index contributed by atoms with van der Waals surface area (Å²) in [5.41, 5.74) is 3.26. The SMILES string of the molecule is CCOC(=O)C(Oc1ccc2c(c1)OC(=Cc1ccc(C(C)C)cc1)C2=O)c1ccccc1. The maximum absolute atomic E-state index is 12.8. The van der Waals surface area contributed by atoms with Gasteiger partial charge in [0, 0.05) is 11.6 Å². The van der Waals surface area contributed by atoms with Crippen LogP contribution >= 0.6 is 0 Å². The van der Waals surface area contributed by atoms with Crippen molar-refractivity contribution < 1.29 is 23.8 Å². The number of hydrogen-bond donors (Lipinski definition) is 0. The lowest BCUT2D eigenvalue weighted by atomic mass is 10.0. The third kappa shape index (κ3) is 4.98. The fourth-order valence-electron chi connectivity index (χ4n) is 3.60. The Labute approximate surface area is 193 Å². The average molecular weight is 443 g/mol. The Bertz CT molecular complexity index is 1180. The van der Waals surface area contributed by atoms with Gasteiger partial charge in [-0.15, -0.1) is 0 Å². The Kier molecular flexibility index (Phi) is 6.59. The lowest BCUT2D eigenvalue weighted by molar-refractivity contribution is -0.151. The summed E-state index contributed by atoms with van der Waals surface area (Å²) in [5, 5.41) is 0. The molecular formula is C28H26O5. The molecule has 0 aliphatic carbocycles. The van der Waals surface area contributed by atoms with Gasteiger partial charge in [0.05, 0.1) is 12.2 Å². The van der Waals surface area contributed by atoms with Gasteiger partial charge >= 0.3 is 5.97 Å². The topological polar surface area (TPSA) is 61.8 Å². The third-order valence-corrected chi connectivity index (χ3v) is 5.40. The zero-order chi connectivity index (χ0) is 23.4. The van der Waals surface area contributed by atoms with Crippen LogP contribution in [0.15, 0.2) is 78.6 Å². The number of ketones is 1. The summed E-state index contributed by atoms with van der Waals surface area (Å²) in [6.07, 6.45) is 0.814. The van der Waals surface area contributed by atoms with Crippen LogP contribution in [0.5, 0.6) is 11.5 Å². The number of Topliss-reactive ketones (excluding diaryl/α,β-unsaturated/α-hetero) is 1. The summed E-state index contributed by atoms with van der Waals surface area (Å²) in [5.74, 6) is 0.836. The Morgan fingerprint density at radius 1 is 0.970 bits per heavy atom. The molecule has 0 saturated heterocycles. The molecule has 0 saturated carbocycles. The molecule has 0 fully saturated rings. The maximum Gasteiger partial charge on any atom is 0.352 e. The van der Waals surface area contributed by atoms with Crippen LogP contribution in [0.4, 0.5) is 0 Å². The number of ether oxygens (including phenoxy) is 3. The van der Waals surface area contributed by atoms with Gasteiger partial charge in [0.25, 0.3) is 0 Å². The molecule has 4 rings (SSSR count). The van der Waals surface area contributed by atoms with Crippen molar-refractivity contribution in [3.05, 3.63) is 101 Å². The highest BCUT2D eigenvalue weighted by Crippen LogP contribution is 2.36. The van der Waals surface area contributed by atoms with E-state index >= 15 is 0 Å². The first-order chi connectivity index (χ1) is 16.0. The summed E-state index contributed by atoms with van der Waals surface area (Å²) in [6, 6.07) is 22.1. The van der Waals surface area contributed by atoms with Crippen LogP contribution in [0.2, 0.25) is 0 Å². The second-order valence-corrected chi connectivity index (χ2v) is 8.08. The van der Waals surface area contributed by atoms with Crippen molar-refractivity contribution in [2.75, 3.05) is 6.61 Å². The van der Waals surface area contributed by atoms with Gasteiger partial charge in [-0.2, -0.15) is 0 Å². The molecule has 5 heteroatoms. The fourth-order valence-corrected chi connectivity index (χ4v) is 3.60. The van der Waals surface area contributed by atoms with E-state index in [4.69, 9.17) is 14.2 Å². The molecule has 0 bridgehead atoms. The molecule has 0 spiro atoms. The van der Waals surface area contributed by atoms with Crippen molar-refractivity contribution in [3.63, 3.8) is 0 Å². The van der Waals surface area contributed by atoms with Crippen molar-refractivity contribution in [2.45, 2.75) is 32.8 Å². The molecule has 1 aliphatic rings. The highest BCUT2D eigenvalue weighted by Gasteiger charge is 2.29. The molecule has 1 aliphatic heterocycles. The van der Waals surface area contributed by atoms with E-state index in [9.17, 15) is 9.59 Å². The minimum Gasteiger partial charge on any atom is -0.474 e. The van der Waals surface area contributed by atoms with E-state index in [0.717, 1.165) is 5.56 Å². The second kappa shape index (κ2) is 9.74. The van der Waals surface area contributed by atoms with Crippen LogP contribution < -0.4 is 9.47 Å². The summed E-state index contributed by atoms with van der Waals surface area (Å²) in [6.45, 7) is 6.27. The standard InChI is InChI=1S/C28H26O5/c1-4-31-28(30)27(21-8-6-5-7-9-21)32-22-14-15-23-24(17-22)33-25(26(23)29)16-19-10-12-20(13-11-19)18(2)3/h5-18,27H,4H2,1-3H3. The zero-order valence-corrected chi connectivity index (χ0v) is 18.9. The molecule has 3 aromatic carbocycles. The van der Waals surface area contributed by atoms with Gasteiger partial charge in [-0.05, 0) is 42.2 Å². The first kappa shape index (κ1) is 22.3. The predicted octanol–water partition coefficient (Wildman–Crippen LogP) is 6.11. The van der Waals surface area contributed by atoms with Crippen molar-refractivity contribution in [1.29, 1.82) is 0 Å². The van der Waals surface area contributed by atoms with Crippen molar-refractivity contribution in [2.24, 2.45) is 0 Å². The van der Waals surface area contributed by atoms with Gasteiger partial charge in [-0.3, -0.25) is 4.79 Å². The lowest BCUT2D eigenvalue weighted by Crippen LogP contribution is -2.21. The first-order valence-corrected chi connectivity index (χ1v) is 11.0. The molecule has 3 aromatic rings. The van der Waals surface area contributed by atoms with Gasteiger partial charge in [0.1, 0.15) is 11.5 Å². The van der Waals surface area contributed by atoms with Gasteiger partial charge in [-0.1, -0.05) is 68.4 Å². The van der Waals surface area contributed by atoms with E-state index in [1.54, 1.807) is 43.3 Å². The maximum atomic E-state index is 12.8. The molecule has 33 heavy (non-hydrogen) atoms. The predicted molar refractivity (Wildman–Crippen MR) is 126 cm³/mol. The minimum atomic E-state index is -0.921. The minimum absolute atomic E-state index is 0.186. The van der Waals surface area contributed by atoms with Gasteiger partial charge in [0.15, 0.2) is 5.76 Å². The van der Waals surface area contributed by atoms with Crippen LogP contribution in [0, 0.1) is 0 Å². The highest BCUT2D eigenvalue weighted by atomic mass is 16.6. The van der Waals surface area contributed by atoms with Gasteiger partial charge in [-0.25, -0.2) is 4.79 Å². The van der Waals surface area contributed by atoms with Gasteiger partial charge < -0.3 is 14.2 Å². The second-order valence-electron chi connectivity index (χ2n) is 8.08. The number of fused-ring (bicyclic) bond motifs is 1. The quantitative estimate of drug-likeness (QED) is 0.326. The number of esters is 1. The smallest absolute Gasteiger partial charge is 0.352 e. The Morgan fingerprint density at radius 3 is 2.36 bits per heavy atom. The monoisotopic (exact) mass is 442 g/mol.